The van der Waals surface area contributed by atoms with E-state index in [4.69, 9.17) is 14.2 Å². The lowest BCUT2D eigenvalue weighted by Crippen LogP contribution is -2.62. The molecule has 3 nitrogen and oxygen atoms in total. The molecule has 0 radical (unpaired) electrons. The highest BCUT2D eigenvalue weighted by molar-refractivity contribution is 4.90. The van der Waals surface area contributed by atoms with E-state index in [0.717, 1.165) is 38.5 Å². The zero-order chi connectivity index (χ0) is 39.3. The first-order valence-electron chi connectivity index (χ1n) is 25.6. The molecule has 0 spiro atoms. The van der Waals surface area contributed by atoms with Crippen LogP contribution in [0.15, 0.2) is 0 Å². The Balaban J connectivity index is 3.50. The van der Waals surface area contributed by atoms with Crippen LogP contribution < -0.4 is 0 Å². The topological polar surface area (TPSA) is 27.7 Å². The van der Waals surface area contributed by atoms with Gasteiger partial charge >= 0.3 is 0 Å². The molecule has 54 heavy (non-hydrogen) atoms. The molecular weight excluding hydrogens is 661 g/mol. The number of unbranched alkanes of at least 4 members (excludes halogenated alkanes) is 30. The largest absolute Gasteiger partial charge is 0.318 e. The molecule has 0 aromatic carbocycles. The first-order valence-corrected chi connectivity index (χ1v) is 25.6. The van der Waals surface area contributed by atoms with Gasteiger partial charge in [0.1, 0.15) is 0 Å². The van der Waals surface area contributed by atoms with E-state index < -0.39 is 17.4 Å². The molecule has 0 aromatic heterocycles. The molecule has 1 heterocycles. The van der Waals surface area contributed by atoms with Crippen LogP contribution in [0.3, 0.4) is 0 Å². The number of hydrogen-bond acceptors (Lipinski definition) is 3. The van der Waals surface area contributed by atoms with E-state index in [1.54, 1.807) is 0 Å². The van der Waals surface area contributed by atoms with Gasteiger partial charge in [-0.05, 0) is 38.5 Å². The highest BCUT2D eigenvalue weighted by atomic mass is 16.9. The summed E-state index contributed by atoms with van der Waals surface area (Å²) in [5, 5.41) is 0. The molecule has 0 atom stereocenters. The Morgan fingerprint density at radius 3 is 0.463 bits per heavy atom. The fourth-order valence-electron chi connectivity index (χ4n) is 9.11. The molecule has 1 fully saturated rings. The number of rotatable bonds is 42. The van der Waals surface area contributed by atoms with E-state index in [-0.39, 0.29) is 0 Å². The van der Waals surface area contributed by atoms with Crippen molar-refractivity contribution in [2.45, 2.75) is 329 Å². The second-order valence-electron chi connectivity index (χ2n) is 18.1. The van der Waals surface area contributed by atoms with Gasteiger partial charge in [0.2, 0.25) is 0 Å². The van der Waals surface area contributed by atoms with Crippen LogP contribution in [0.25, 0.3) is 0 Å². The van der Waals surface area contributed by atoms with Gasteiger partial charge in [0, 0.05) is 38.5 Å². The molecule has 0 aliphatic carbocycles. The van der Waals surface area contributed by atoms with Crippen LogP contribution in [0, 0.1) is 0 Å². The van der Waals surface area contributed by atoms with Crippen molar-refractivity contribution in [1.29, 1.82) is 0 Å². The Morgan fingerprint density at radius 2 is 0.315 bits per heavy atom. The molecule has 0 unspecified atom stereocenters. The van der Waals surface area contributed by atoms with Crippen molar-refractivity contribution in [3.05, 3.63) is 0 Å². The Morgan fingerprint density at radius 1 is 0.185 bits per heavy atom. The van der Waals surface area contributed by atoms with Crippen molar-refractivity contribution >= 4 is 0 Å². The van der Waals surface area contributed by atoms with E-state index in [1.165, 1.54) is 231 Å². The molecule has 0 saturated carbocycles. The average Bonchev–Trinajstić information content (AvgIpc) is 3.16. The summed E-state index contributed by atoms with van der Waals surface area (Å²) >= 11 is 0. The summed E-state index contributed by atoms with van der Waals surface area (Å²) in [7, 11) is 0. The van der Waals surface area contributed by atoms with Gasteiger partial charge in [0.05, 0.1) is 0 Å². The lowest BCUT2D eigenvalue weighted by molar-refractivity contribution is -0.517. The fourth-order valence-corrected chi connectivity index (χ4v) is 9.11. The van der Waals surface area contributed by atoms with Gasteiger partial charge in [-0.15, -0.1) is 0 Å². The van der Waals surface area contributed by atoms with E-state index in [0.29, 0.717) is 0 Å². The summed E-state index contributed by atoms with van der Waals surface area (Å²) in [6.07, 6.45) is 53.7. The van der Waals surface area contributed by atoms with Gasteiger partial charge in [-0.25, -0.2) is 0 Å². The summed E-state index contributed by atoms with van der Waals surface area (Å²) in [6, 6.07) is 0. The highest BCUT2D eigenvalue weighted by Gasteiger charge is 2.56. The average molecular weight is 763 g/mol. The van der Waals surface area contributed by atoms with Gasteiger partial charge in [-0.3, -0.25) is 0 Å². The Bertz CT molecular complexity index is 658. The summed E-state index contributed by atoms with van der Waals surface area (Å²) in [6.45, 7) is 14.0. The molecular formula is C51H102O3. The van der Waals surface area contributed by atoms with Gasteiger partial charge < -0.3 is 14.2 Å². The SMILES string of the molecule is CCCCCCCCCC1(CCCCCCC)OC(CCCCCCC)(CCCCCCCCC)OC(CCCCCCC)(CCCCCCCCC)O1. The molecule has 0 bridgehead atoms. The van der Waals surface area contributed by atoms with Crippen molar-refractivity contribution in [2.24, 2.45) is 0 Å². The number of hydrogen-bond donors (Lipinski definition) is 0. The van der Waals surface area contributed by atoms with Crippen LogP contribution >= 0.6 is 0 Å². The third-order valence-corrected chi connectivity index (χ3v) is 12.6. The van der Waals surface area contributed by atoms with Crippen LogP contribution in [0.5, 0.6) is 0 Å². The lowest BCUT2D eigenvalue weighted by atomic mass is 9.91. The van der Waals surface area contributed by atoms with Crippen LogP contribution in [-0.4, -0.2) is 17.4 Å². The first kappa shape index (κ1) is 51.9. The van der Waals surface area contributed by atoms with E-state index in [1.807, 2.05) is 0 Å². The minimum absolute atomic E-state index is 0.511. The fraction of sp³-hybridized carbons (Fsp3) is 1.00. The zero-order valence-electron chi connectivity index (χ0n) is 38.4. The van der Waals surface area contributed by atoms with Crippen molar-refractivity contribution in [3.8, 4) is 0 Å². The van der Waals surface area contributed by atoms with Crippen LogP contribution in [-0.2, 0) is 14.2 Å². The van der Waals surface area contributed by atoms with Crippen LogP contribution in [0.4, 0.5) is 0 Å². The Kier molecular flexibility index (Phi) is 34.6. The molecule has 0 aromatic rings. The maximum Gasteiger partial charge on any atom is 0.175 e. The van der Waals surface area contributed by atoms with Gasteiger partial charge in [-0.2, -0.15) is 0 Å². The second-order valence-corrected chi connectivity index (χ2v) is 18.1. The van der Waals surface area contributed by atoms with Crippen LogP contribution in [0.2, 0.25) is 0 Å². The maximum atomic E-state index is 7.69. The minimum Gasteiger partial charge on any atom is -0.318 e. The van der Waals surface area contributed by atoms with E-state index in [2.05, 4.69) is 41.5 Å². The third-order valence-electron chi connectivity index (χ3n) is 12.6. The van der Waals surface area contributed by atoms with Crippen LogP contribution in [0.1, 0.15) is 311 Å². The molecule has 3 heteroatoms. The van der Waals surface area contributed by atoms with Crippen molar-refractivity contribution in [3.63, 3.8) is 0 Å². The van der Waals surface area contributed by atoms with E-state index in [9.17, 15) is 0 Å². The molecule has 1 aliphatic heterocycles. The Hall–Kier alpha value is -0.120. The predicted molar refractivity (Wildman–Crippen MR) is 239 cm³/mol. The van der Waals surface area contributed by atoms with Crippen molar-refractivity contribution < 1.29 is 14.2 Å². The summed E-state index contributed by atoms with van der Waals surface area (Å²) < 4.78 is 23.1. The molecule has 0 amide bonds. The molecule has 1 aliphatic rings. The molecule has 1 saturated heterocycles. The van der Waals surface area contributed by atoms with Crippen molar-refractivity contribution in [1.82, 2.24) is 0 Å². The van der Waals surface area contributed by atoms with E-state index >= 15 is 0 Å². The monoisotopic (exact) mass is 763 g/mol. The number of ether oxygens (including phenoxy) is 3. The minimum atomic E-state index is -0.511. The predicted octanol–water partition coefficient (Wildman–Crippen LogP) is 18.6. The summed E-state index contributed by atoms with van der Waals surface area (Å²) in [5.41, 5.74) is 0. The Labute approximate surface area is 341 Å². The van der Waals surface area contributed by atoms with Crippen molar-refractivity contribution in [2.75, 3.05) is 0 Å². The second kappa shape index (κ2) is 36.0. The lowest BCUT2D eigenvalue weighted by Gasteiger charge is -2.57. The standard InChI is InChI=1S/C51H102O3/c1-7-13-19-25-28-34-40-46-49(43-37-31-22-16-10-4)52-50(44-38-32-23-17-11-5,47-41-35-29-26-20-14-8-2)54-51(53-49,45-39-33-24-18-12-6)48-42-36-30-27-21-15-9-3/h7-48H2,1-6H3. The quantitative estimate of drug-likeness (QED) is 0.0580. The maximum absolute atomic E-state index is 7.69. The third kappa shape index (κ3) is 26.0. The first-order chi connectivity index (χ1) is 26.5. The smallest absolute Gasteiger partial charge is 0.175 e. The van der Waals surface area contributed by atoms with Gasteiger partial charge in [-0.1, -0.05) is 234 Å². The zero-order valence-corrected chi connectivity index (χ0v) is 38.4. The summed E-state index contributed by atoms with van der Waals surface area (Å²) in [4.78, 5) is 0. The highest BCUT2D eigenvalue weighted by Crippen LogP contribution is 2.51. The van der Waals surface area contributed by atoms with Gasteiger partial charge in [0.25, 0.3) is 0 Å². The van der Waals surface area contributed by atoms with Gasteiger partial charge in [0.15, 0.2) is 17.4 Å². The molecule has 0 N–H and O–H groups in total. The molecule has 1 rings (SSSR count). The summed E-state index contributed by atoms with van der Waals surface area (Å²) in [5.74, 6) is -1.53. The molecule has 324 valence electrons. The normalized spacial score (nSPS) is 21.7.